The van der Waals surface area contributed by atoms with Crippen LogP contribution in [0.4, 0.5) is 0 Å². The van der Waals surface area contributed by atoms with Crippen LogP contribution in [0.2, 0.25) is 0 Å². The van der Waals surface area contributed by atoms with Crippen LogP contribution in [0, 0.1) is 6.92 Å². The second-order valence-electron chi connectivity index (χ2n) is 9.42. The van der Waals surface area contributed by atoms with Gasteiger partial charge in [0.05, 0.1) is 5.60 Å². The first-order valence-electron chi connectivity index (χ1n) is 12.1. The molecule has 1 aliphatic heterocycles. The maximum absolute atomic E-state index is 11.3. The highest BCUT2D eigenvalue weighted by Gasteiger charge is 2.36. The molecule has 0 atom stereocenters. The molecule has 2 aliphatic rings. The molecule has 4 rings (SSSR count). The number of benzene rings is 1. The molecule has 2 heterocycles. The van der Waals surface area contributed by atoms with E-state index in [1.54, 1.807) is 5.57 Å². The van der Waals surface area contributed by atoms with E-state index in [1.807, 2.05) is 6.92 Å². The van der Waals surface area contributed by atoms with Crippen molar-refractivity contribution in [3.8, 4) is 0 Å². The van der Waals surface area contributed by atoms with Crippen LogP contribution in [0.3, 0.4) is 0 Å². The first-order chi connectivity index (χ1) is 15.0. The molecule has 168 valence electrons. The van der Waals surface area contributed by atoms with Crippen molar-refractivity contribution >= 4 is 6.08 Å². The topological polar surface area (TPSA) is 62.4 Å². The van der Waals surface area contributed by atoms with Gasteiger partial charge in [-0.2, -0.15) is 4.98 Å². The maximum atomic E-state index is 11.3. The number of aliphatic hydroxyl groups is 1. The molecule has 5 nitrogen and oxygen atoms in total. The Bertz CT molecular complexity index is 864. The molecule has 1 aromatic heterocycles. The highest BCUT2D eigenvalue weighted by molar-refractivity contribution is 5.54. The van der Waals surface area contributed by atoms with Crippen LogP contribution in [0.1, 0.15) is 94.0 Å². The van der Waals surface area contributed by atoms with E-state index in [9.17, 15) is 5.11 Å². The standard InChI is InChI=1S/C26H37N3O2/c1-4-24(5-2)29-16-12-21(13-17-29)18-20-6-8-23(9-7-20)26(30)14-10-22(11-15-26)25-27-19(3)28-31-25/h6-9,18,22,24,30H,4-5,10-17H2,1-3H3. The molecule has 1 aromatic carbocycles. The summed E-state index contributed by atoms with van der Waals surface area (Å²) in [5.74, 6) is 1.66. The number of nitrogens with zero attached hydrogens (tertiary/aromatic N) is 3. The minimum absolute atomic E-state index is 0.261. The molecule has 0 bridgehead atoms. The van der Waals surface area contributed by atoms with E-state index < -0.39 is 5.60 Å². The van der Waals surface area contributed by atoms with Gasteiger partial charge in [0, 0.05) is 25.0 Å². The van der Waals surface area contributed by atoms with Crippen LogP contribution < -0.4 is 0 Å². The van der Waals surface area contributed by atoms with Gasteiger partial charge in [-0.05, 0) is 69.4 Å². The summed E-state index contributed by atoms with van der Waals surface area (Å²) in [5, 5.41) is 15.2. The Morgan fingerprint density at radius 1 is 1.13 bits per heavy atom. The lowest BCUT2D eigenvalue weighted by Crippen LogP contribution is -2.39. The van der Waals surface area contributed by atoms with Gasteiger partial charge in [0.25, 0.3) is 0 Å². The second kappa shape index (κ2) is 9.66. The summed E-state index contributed by atoms with van der Waals surface area (Å²) in [4.78, 5) is 7.03. The van der Waals surface area contributed by atoms with Crippen molar-refractivity contribution in [1.82, 2.24) is 15.0 Å². The predicted molar refractivity (Wildman–Crippen MR) is 124 cm³/mol. The maximum Gasteiger partial charge on any atom is 0.229 e. The van der Waals surface area contributed by atoms with Crippen LogP contribution in [0.15, 0.2) is 34.4 Å². The monoisotopic (exact) mass is 423 g/mol. The number of rotatable bonds is 6. The zero-order valence-corrected chi connectivity index (χ0v) is 19.3. The Hall–Kier alpha value is -1.98. The normalized spacial score (nSPS) is 25.2. The average Bonchev–Trinajstić information content (AvgIpc) is 3.23. The van der Waals surface area contributed by atoms with Crippen LogP contribution >= 0.6 is 0 Å². The summed E-state index contributed by atoms with van der Waals surface area (Å²) in [6.07, 6.45) is 10.4. The second-order valence-corrected chi connectivity index (χ2v) is 9.42. The van der Waals surface area contributed by atoms with E-state index in [0.29, 0.717) is 5.82 Å². The molecule has 1 aliphatic carbocycles. The SMILES string of the molecule is CCC(CC)N1CCC(=Cc2ccc(C3(O)CCC(c4nc(C)no4)CC3)cc2)CC1. The van der Waals surface area contributed by atoms with Gasteiger partial charge in [0.15, 0.2) is 5.82 Å². The minimum Gasteiger partial charge on any atom is -0.385 e. The summed E-state index contributed by atoms with van der Waals surface area (Å²) < 4.78 is 5.35. The first kappa shape index (κ1) is 22.2. The van der Waals surface area contributed by atoms with Gasteiger partial charge in [-0.1, -0.05) is 54.9 Å². The average molecular weight is 424 g/mol. The quantitative estimate of drug-likeness (QED) is 0.656. The molecule has 1 N–H and O–H groups in total. The summed E-state index contributed by atoms with van der Waals surface area (Å²) in [7, 11) is 0. The van der Waals surface area contributed by atoms with Crippen LogP contribution in [0.25, 0.3) is 6.08 Å². The largest absolute Gasteiger partial charge is 0.385 e. The molecule has 1 saturated heterocycles. The molecule has 0 radical (unpaired) electrons. The van der Waals surface area contributed by atoms with Gasteiger partial charge in [-0.15, -0.1) is 0 Å². The van der Waals surface area contributed by atoms with Crippen molar-refractivity contribution in [2.75, 3.05) is 13.1 Å². The van der Waals surface area contributed by atoms with Gasteiger partial charge in [0.1, 0.15) is 0 Å². The van der Waals surface area contributed by atoms with E-state index in [-0.39, 0.29) is 5.92 Å². The Labute approximate surface area is 186 Å². The number of aryl methyl sites for hydroxylation is 1. The zero-order chi connectivity index (χ0) is 21.8. The highest BCUT2D eigenvalue weighted by Crippen LogP contribution is 2.43. The van der Waals surface area contributed by atoms with E-state index in [4.69, 9.17) is 4.52 Å². The lowest BCUT2D eigenvalue weighted by atomic mass is 9.75. The molecule has 2 fully saturated rings. The van der Waals surface area contributed by atoms with Crippen molar-refractivity contribution < 1.29 is 9.63 Å². The van der Waals surface area contributed by atoms with Crippen molar-refractivity contribution in [3.05, 3.63) is 52.7 Å². The summed E-state index contributed by atoms with van der Waals surface area (Å²) >= 11 is 0. The fourth-order valence-corrected chi connectivity index (χ4v) is 5.36. The number of piperidine rings is 1. The molecule has 0 amide bonds. The molecular formula is C26H37N3O2. The van der Waals surface area contributed by atoms with E-state index in [1.165, 1.54) is 44.3 Å². The number of hydrogen-bond donors (Lipinski definition) is 1. The Balaban J connectivity index is 1.35. The Kier molecular flexibility index (Phi) is 6.92. The molecule has 1 saturated carbocycles. The molecular weight excluding hydrogens is 386 g/mol. The van der Waals surface area contributed by atoms with Gasteiger partial charge in [-0.25, -0.2) is 0 Å². The van der Waals surface area contributed by atoms with Crippen molar-refractivity contribution in [3.63, 3.8) is 0 Å². The molecule has 0 spiro atoms. The lowest BCUT2D eigenvalue weighted by Gasteiger charge is -2.35. The summed E-state index contributed by atoms with van der Waals surface area (Å²) in [5.41, 5.74) is 3.06. The molecule has 0 unspecified atom stereocenters. The Morgan fingerprint density at radius 3 is 2.32 bits per heavy atom. The number of hydrogen-bond acceptors (Lipinski definition) is 5. The third-order valence-electron chi connectivity index (χ3n) is 7.42. The smallest absolute Gasteiger partial charge is 0.229 e. The first-order valence-corrected chi connectivity index (χ1v) is 12.1. The summed E-state index contributed by atoms with van der Waals surface area (Å²) in [6.45, 7) is 8.80. The van der Waals surface area contributed by atoms with E-state index in [0.717, 1.165) is 43.2 Å². The number of aromatic nitrogens is 2. The lowest BCUT2D eigenvalue weighted by molar-refractivity contribution is -0.00813. The third kappa shape index (κ3) is 5.09. The van der Waals surface area contributed by atoms with Gasteiger partial charge < -0.3 is 9.63 Å². The zero-order valence-electron chi connectivity index (χ0n) is 19.3. The molecule has 5 heteroatoms. The Morgan fingerprint density at radius 2 is 1.77 bits per heavy atom. The fraction of sp³-hybridized carbons (Fsp3) is 0.615. The van der Waals surface area contributed by atoms with E-state index in [2.05, 4.69) is 59.2 Å². The van der Waals surface area contributed by atoms with Gasteiger partial charge in [0.2, 0.25) is 5.89 Å². The number of likely N-dealkylation sites (tertiary alicyclic amines) is 1. The van der Waals surface area contributed by atoms with Gasteiger partial charge >= 0.3 is 0 Å². The van der Waals surface area contributed by atoms with Crippen molar-refractivity contribution in [2.45, 2.75) is 89.7 Å². The van der Waals surface area contributed by atoms with Crippen LogP contribution in [0.5, 0.6) is 0 Å². The summed E-state index contributed by atoms with van der Waals surface area (Å²) in [6, 6.07) is 9.30. The predicted octanol–water partition coefficient (Wildman–Crippen LogP) is 5.59. The van der Waals surface area contributed by atoms with Gasteiger partial charge in [-0.3, -0.25) is 4.90 Å². The highest BCUT2D eigenvalue weighted by atomic mass is 16.5. The molecule has 31 heavy (non-hydrogen) atoms. The fourth-order valence-electron chi connectivity index (χ4n) is 5.36. The molecule has 2 aromatic rings. The van der Waals surface area contributed by atoms with Crippen LogP contribution in [-0.2, 0) is 5.60 Å². The van der Waals surface area contributed by atoms with Crippen LogP contribution in [-0.4, -0.2) is 39.3 Å². The van der Waals surface area contributed by atoms with Crippen molar-refractivity contribution in [1.29, 1.82) is 0 Å². The third-order valence-corrected chi connectivity index (χ3v) is 7.42. The minimum atomic E-state index is -0.752. The van der Waals surface area contributed by atoms with Crippen molar-refractivity contribution in [2.24, 2.45) is 0 Å². The van der Waals surface area contributed by atoms with E-state index >= 15 is 0 Å².